The van der Waals surface area contributed by atoms with Gasteiger partial charge in [0.1, 0.15) is 23.9 Å². The molecule has 1 saturated heterocycles. The highest BCUT2D eigenvalue weighted by Crippen LogP contribution is 2.36. The number of rotatable bonds is 5. The molecule has 190 valence electrons. The molecule has 0 radical (unpaired) electrons. The Hall–Kier alpha value is -4.02. The number of ether oxygens (including phenoxy) is 1. The topological polar surface area (TPSA) is 117 Å². The summed E-state index contributed by atoms with van der Waals surface area (Å²) in [7, 11) is 1.95. The number of fused-ring (bicyclic) bond motifs is 2. The molecule has 10 heteroatoms. The van der Waals surface area contributed by atoms with E-state index >= 15 is 0 Å². The van der Waals surface area contributed by atoms with E-state index in [9.17, 15) is 9.90 Å². The molecule has 0 saturated carbocycles. The highest BCUT2D eigenvalue weighted by molar-refractivity contribution is 6.07. The van der Waals surface area contributed by atoms with Crippen molar-refractivity contribution in [3.63, 3.8) is 0 Å². The summed E-state index contributed by atoms with van der Waals surface area (Å²) >= 11 is 0. The molecule has 0 aliphatic carbocycles. The SMILES string of the molecule is Cn1ccc2c(-c3ccc(Nc4ccc(N5CCOC(C(C)(C)O)C5)cn4)c4c3CNC4=O)ncnc21. The van der Waals surface area contributed by atoms with Crippen LogP contribution in [0.1, 0.15) is 29.8 Å². The van der Waals surface area contributed by atoms with Crippen molar-refractivity contribution >= 4 is 34.1 Å². The van der Waals surface area contributed by atoms with Crippen LogP contribution in [0.5, 0.6) is 0 Å². The normalized spacial score (nSPS) is 17.7. The fourth-order valence-corrected chi connectivity index (χ4v) is 5.06. The summed E-state index contributed by atoms with van der Waals surface area (Å²) in [6.45, 7) is 5.82. The van der Waals surface area contributed by atoms with Crippen LogP contribution >= 0.6 is 0 Å². The van der Waals surface area contributed by atoms with Gasteiger partial charge in [0.2, 0.25) is 0 Å². The van der Waals surface area contributed by atoms with Crippen LogP contribution in [0.3, 0.4) is 0 Å². The maximum absolute atomic E-state index is 12.9. The number of hydrogen-bond donors (Lipinski definition) is 3. The lowest BCUT2D eigenvalue weighted by molar-refractivity contribution is -0.0928. The molecule has 10 nitrogen and oxygen atoms in total. The minimum absolute atomic E-state index is 0.125. The number of nitrogens with zero attached hydrogens (tertiary/aromatic N) is 5. The second-order valence-electron chi connectivity index (χ2n) is 10.1. The van der Waals surface area contributed by atoms with Gasteiger partial charge in [0.05, 0.1) is 41.0 Å². The number of carbonyl (C=O) groups excluding carboxylic acids is 1. The van der Waals surface area contributed by atoms with Crippen LogP contribution in [0.15, 0.2) is 49.1 Å². The predicted molar refractivity (Wildman–Crippen MR) is 141 cm³/mol. The van der Waals surface area contributed by atoms with Crippen LogP contribution in [-0.4, -0.2) is 61.9 Å². The molecule has 1 aromatic carbocycles. The Kier molecular flexibility index (Phi) is 5.58. The van der Waals surface area contributed by atoms with Crippen LogP contribution in [0.25, 0.3) is 22.3 Å². The molecule has 0 bridgehead atoms. The summed E-state index contributed by atoms with van der Waals surface area (Å²) in [5.41, 5.74) is 4.80. The van der Waals surface area contributed by atoms with Crippen molar-refractivity contribution in [3.8, 4) is 11.3 Å². The van der Waals surface area contributed by atoms with Crippen molar-refractivity contribution in [3.05, 3.63) is 60.2 Å². The Labute approximate surface area is 214 Å². The Morgan fingerprint density at radius 3 is 2.81 bits per heavy atom. The number of aryl methyl sites for hydroxylation is 1. The molecule has 1 atom stereocenters. The summed E-state index contributed by atoms with van der Waals surface area (Å²) in [5, 5.41) is 17.6. The number of aromatic nitrogens is 4. The second-order valence-corrected chi connectivity index (χ2v) is 10.1. The van der Waals surface area contributed by atoms with Gasteiger partial charge in [0.25, 0.3) is 5.91 Å². The number of amides is 1. The maximum atomic E-state index is 12.9. The standard InChI is InChI=1S/C27H29N7O3/c1-27(2,36)21-14-34(10-11-37-21)16-4-7-22(28-12-16)32-20-6-5-17(19-13-29-26(35)23(19)20)24-18-8-9-33(3)25(18)31-15-30-24/h4-9,12,15,21,36H,10-11,13-14H2,1-3H3,(H,28,32)(H,29,35). The third kappa shape index (κ3) is 4.17. The van der Waals surface area contributed by atoms with E-state index in [4.69, 9.17) is 4.74 Å². The number of carbonyl (C=O) groups is 1. The van der Waals surface area contributed by atoms with Crippen molar-refractivity contribution in [2.75, 3.05) is 29.9 Å². The Morgan fingerprint density at radius 1 is 1.16 bits per heavy atom. The van der Waals surface area contributed by atoms with E-state index < -0.39 is 5.60 Å². The van der Waals surface area contributed by atoms with Crippen molar-refractivity contribution in [1.82, 2.24) is 24.8 Å². The maximum Gasteiger partial charge on any atom is 0.254 e. The van der Waals surface area contributed by atoms with Crippen molar-refractivity contribution in [2.24, 2.45) is 7.05 Å². The number of nitrogens with one attached hydrogen (secondary N) is 2. The zero-order valence-electron chi connectivity index (χ0n) is 21.0. The summed E-state index contributed by atoms with van der Waals surface area (Å²) in [6.07, 6.45) is 5.05. The monoisotopic (exact) mass is 499 g/mol. The van der Waals surface area contributed by atoms with Crippen molar-refractivity contribution in [1.29, 1.82) is 0 Å². The molecule has 5 heterocycles. The first-order chi connectivity index (χ1) is 17.8. The lowest BCUT2D eigenvalue weighted by Gasteiger charge is -2.39. The van der Waals surface area contributed by atoms with E-state index in [1.165, 1.54) is 0 Å². The van der Waals surface area contributed by atoms with Gasteiger partial charge in [-0.15, -0.1) is 0 Å². The molecular formula is C27H29N7O3. The van der Waals surface area contributed by atoms with E-state index in [0.29, 0.717) is 36.8 Å². The third-order valence-corrected chi connectivity index (χ3v) is 7.11. The molecule has 2 aliphatic rings. The van der Waals surface area contributed by atoms with Gasteiger partial charge < -0.3 is 29.9 Å². The summed E-state index contributed by atoms with van der Waals surface area (Å²) in [6, 6.07) is 9.78. The minimum Gasteiger partial charge on any atom is -0.388 e. The van der Waals surface area contributed by atoms with Gasteiger partial charge in [0.15, 0.2) is 0 Å². The Balaban J connectivity index is 1.28. The van der Waals surface area contributed by atoms with Gasteiger partial charge in [0, 0.05) is 43.8 Å². The van der Waals surface area contributed by atoms with E-state index in [0.717, 1.165) is 40.1 Å². The highest BCUT2D eigenvalue weighted by atomic mass is 16.5. The van der Waals surface area contributed by atoms with E-state index in [2.05, 4.69) is 30.5 Å². The number of benzene rings is 1. The molecule has 3 aromatic heterocycles. The molecule has 1 unspecified atom stereocenters. The molecule has 1 fully saturated rings. The molecule has 1 amide bonds. The first kappa shape index (κ1) is 23.4. The fourth-order valence-electron chi connectivity index (χ4n) is 5.06. The average molecular weight is 500 g/mol. The van der Waals surface area contributed by atoms with Crippen LogP contribution < -0.4 is 15.5 Å². The first-order valence-corrected chi connectivity index (χ1v) is 12.3. The van der Waals surface area contributed by atoms with Crippen LogP contribution in [0, 0.1) is 0 Å². The van der Waals surface area contributed by atoms with E-state index in [1.807, 2.05) is 48.1 Å². The zero-order valence-corrected chi connectivity index (χ0v) is 21.0. The third-order valence-electron chi connectivity index (χ3n) is 7.11. The van der Waals surface area contributed by atoms with Crippen LogP contribution in [-0.2, 0) is 18.3 Å². The van der Waals surface area contributed by atoms with Gasteiger partial charge in [-0.3, -0.25) is 4.79 Å². The minimum atomic E-state index is -0.918. The van der Waals surface area contributed by atoms with Gasteiger partial charge >= 0.3 is 0 Å². The van der Waals surface area contributed by atoms with Gasteiger partial charge in [-0.1, -0.05) is 6.07 Å². The Morgan fingerprint density at radius 2 is 2.03 bits per heavy atom. The number of anilines is 3. The molecule has 2 aliphatic heterocycles. The number of pyridine rings is 1. The summed E-state index contributed by atoms with van der Waals surface area (Å²) < 4.78 is 7.70. The zero-order chi connectivity index (χ0) is 25.7. The number of morpholine rings is 1. The second kappa shape index (κ2) is 8.82. The summed E-state index contributed by atoms with van der Waals surface area (Å²) in [4.78, 5) is 28.6. The highest BCUT2D eigenvalue weighted by Gasteiger charge is 2.33. The van der Waals surface area contributed by atoms with Crippen LogP contribution in [0.4, 0.5) is 17.2 Å². The smallest absolute Gasteiger partial charge is 0.254 e. The molecule has 37 heavy (non-hydrogen) atoms. The molecule has 0 spiro atoms. The summed E-state index contributed by atoms with van der Waals surface area (Å²) in [5.74, 6) is 0.512. The lowest BCUT2D eigenvalue weighted by Crippen LogP contribution is -2.52. The van der Waals surface area contributed by atoms with Crippen molar-refractivity contribution in [2.45, 2.75) is 32.1 Å². The quantitative estimate of drug-likeness (QED) is 0.384. The molecular weight excluding hydrogens is 470 g/mol. The van der Waals surface area contributed by atoms with Gasteiger partial charge in [-0.05, 0) is 43.7 Å². The lowest BCUT2D eigenvalue weighted by atomic mass is 9.97. The molecule has 4 aromatic rings. The van der Waals surface area contributed by atoms with Crippen molar-refractivity contribution < 1.29 is 14.6 Å². The van der Waals surface area contributed by atoms with Crippen LogP contribution in [0.2, 0.25) is 0 Å². The number of hydrogen-bond acceptors (Lipinski definition) is 8. The average Bonchev–Trinajstić information content (AvgIpc) is 3.47. The van der Waals surface area contributed by atoms with E-state index in [-0.39, 0.29) is 12.0 Å². The molecule has 6 rings (SSSR count). The van der Waals surface area contributed by atoms with E-state index in [1.54, 1.807) is 26.4 Å². The Bertz CT molecular complexity index is 1490. The predicted octanol–water partition coefficient (Wildman–Crippen LogP) is 2.99. The molecule has 3 N–H and O–H groups in total. The van der Waals surface area contributed by atoms with Gasteiger partial charge in [-0.25, -0.2) is 15.0 Å². The van der Waals surface area contributed by atoms with Gasteiger partial charge in [-0.2, -0.15) is 0 Å². The largest absolute Gasteiger partial charge is 0.388 e. The fraction of sp³-hybridized carbons (Fsp3) is 0.333. The number of aliphatic hydroxyl groups is 1. The first-order valence-electron chi connectivity index (χ1n) is 12.3.